The van der Waals surface area contributed by atoms with Gasteiger partial charge < -0.3 is 15.2 Å². The average molecular weight is 511 g/mol. The van der Waals surface area contributed by atoms with E-state index in [1.165, 1.54) is 55.6 Å². The van der Waals surface area contributed by atoms with Gasteiger partial charge in [0.05, 0.1) is 16.9 Å². The largest absolute Gasteiger partial charge is 0.573 e. The summed E-state index contributed by atoms with van der Waals surface area (Å²) in [7, 11) is 1.55. The predicted octanol–water partition coefficient (Wildman–Crippen LogP) is 6.54. The van der Waals surface area contributed by atoms with Crippen molar-refractivity contribution in [2.24, 2.45) is 4.99 Å². The molecule has 0 saturated carbocycles. The van der Waals surface area contributed by atoms with Gasteiger partial charge in [0.1, 0.15) is 17.6 Å². The van der Waals surface area contributed by atoms with Crippen molar-refractivity contribution in [3.63, 3.8) is 0 Å². The number of hydrogen-bond donors (Lipinski definition) is 2. The summed E-state index contributed by atoms with van der Waals surface area (Å²) >= 11 is 0. The van der Waals surface area contributed by atoms with Gasteiger partial charge in [-0.1, -0.05) is 36.4 Å². The first-order valence-corrected chi connectivity index (χ1v) is 11.1. The van der Waals surface area contributed by atoms with Crippen LogP contribution in [0.2, 0.25) is 0 Å². The van der Waals surface area contributed by atoms with Crippen LogP contribution in [0.3, 0.4) is 0 Å². The summed E-state index contributed by atoms with van der Waals surface area (Å²) in [6, 6.07) is 15.7. The Bertz CT molecular complexity index is 1470. The molecule has 0 amide bonds. The Kier molecular flexibility index (Phi) is 7.10. The standard InChI is InChI=1S/C27H21F4N3O3/c1-15(26(35)36)33-25-21-13-19(28)9-12-23(21)34-24(22(25)14-32-2)18-5-3-16(4-6-18)17-7-10-20(11-8-17)37-27(29,30)31/h3-15H,1-2H3,(H,33,34)(H,35,36). The number of carbonyl (C=O) groups is 1. The molecule has 6 nitrogen and oxygen atoms in total. The van der Waals surface area contributed by atoms with Crippen LogP contribution < -0.4 is 10.1 Å². The third kappa shape index (κ3) is 5.85. The molecule has 1 unspecified atom stereocenters. The van der Waals surface area contributed by atoms with Crippen molar-refractivity contribution in [1.29, 1.82) is 0 Å². The van der Waals surface area contributed by atoms with Crippen molar-refractivity contribution in [2.75, 3.05) is 12.4 Å². The molecule has 1 heterocycles. The maximum Gasteiger partial charge on any atom is 0.573 e. The molecule has 0 spiro atoms. The molecule has 0 aliphatic heterocycles. The molecule has 0 bridgehead atoms. The number of carboxylic acid groups (broad SMARTS) is 1. The highest BCUT2D eigenvalue weighted by Gasteiger charge is 2.31. The van der Waals surface area contributed by atoms with E-state index in [-0.39, 0.29) is 5.75 Å². The number of nitrogens with one attached hydrogen (secondary N) is 1. The minimum Gasteiger partial charge on any atom is -0.480 e. The van der Waals surface area contributed by atoms with Gasteiger partial charge in [-0.2, -0.15) is 0 Å². The van der Waals surface area contributed by atoms with E-state index >= 15 is 0 Å². The lowest BCUT2D eigenvalue weighted by Gasteiger charge is -2.19. The molecule has 37 heavy (non-hydrogen) atoms. The monoisotopic (exact) mass is 511 g/mol. The third-order valence-electron chi connectivity index (χ3n) is 5.55. The van der Waals surface area contributed by atoms with Crippen LogP contribution in [-0.2, 0) is 4.79 Å². The van der Waals surface area contributed by atoms with Crippen molar-refractivity contribution < 1.29 is 32.2 Å². The summed E-state index contributed by atoms with van der Waals surface area (Å²) in [6.07, 6.45) is -3.24. The number of carboxylic acids is 1. The Hall–Kier alpha value is -4.47. The fourth-order valence-corrected chi connectivity index (χ4v) is 3.83. The van der Waals surface area contributed by atoms with Crippen LogP contribution in [0.5, 0.6) is 5.75 Å². The number of halogens is 4. The summed E-state index contributed by atoms with van der Waals surface area (Å²) in [4.78, 5) is 20.3. The quantitative estimate of drug-likeness (QED) is 0.217. The number of alkyl halides is 3. The second kappa shape index (κ2) is 10.3. The summed E-state index contributed by atoms with van der Waals surface area (Å²) in [5, 5.41) is 12.8. The Morgan fingerprint density at radius 2 is 1.62 bits per heavy atom. The summed E-state index contributed by atoms with van der Waals surface area (Å²) < 4.78 is 55.3. The first-order valence-electron chi connectivity index (χ1n) is 11.1. The van der Waals surface area contributed by atoms with E-state index in [1.54, 1.807) is 31.3 Å². The molecule has 0 aliphatic carbocycles. The van der Waals surface area contributed by atoms with Crippen LogP contribution in [0.1, 0.15) is 12.5 Å². The third-order valence-corrected chi connectivity index (χ3v) is 5.55. The molecule has 4 rings (SSSR count). The number of pyridine rings is 1. The normalized spacial score (nSPS) is 12.6. The Balaban J connectivity index is 1.78. The Morgan fingerprint density at radius 1 is 1.03 bits per heavy atom. The maximum atomic E-state index is 14.1. The maximum absolute atomic E-state index is 14.1. The van der Waals surface area contributed by atoms with Gasteiger partial charge in [-0.05, 0) is 48.4 Å². The molecule has 190 valence electrons. The van der Waals surface area contributed by atoms with E-state index in [1.807, 2.05) is 0 Å². The lowest BCUT2D eigenvalue weighted by Crippen LogP contribution is -2.26. The van der Waals surface area contributed by atoms with E-state index in [0.717, 1.165) is 5.56 Å². The number of fused-ring (bicyclic) bond motifs is 1. The summed E-state index contributed by atoms with van der Waals surface area (Å²) in [5.74, 6) is -1.90. The second-order valence-corrected chi connectivity index (χ2v) is 8.15. The SMILES string of the molecule is CN=Cc1c(-c2ccc(-c3ccc(OC(F)(F)F)cc3)cc2)nc2ccc(F)cc2c1NC(C)C(=O)O. The number of aromatic nitrogens is 1. The number of hydrogen-bond acceptors (Lipinski definition) is 5. The van der Waals surface area contributed by atoms with Crippen molar-refractivity contribution in [1.82, 2.24) is 4.98 Å². The topological polar surface area (TPSA) is 83.8 Å². The second-order valence-electron chi connectivity index (χ2n) is 8.15. The zero-order valence-electron chi connectivity index (χ0n) is 19.7. The lowest BCUT2D eigenvalue weighted by atomic mass is 9.98. The fourth-order valence-electron chi connectivity index (χ4n) is 3.83. The van der Waals surface area contributed by atoms with E-state index in [2.05, 4.69) is 15.0 Å². The molecule has 1 aromatic heterocycles. The highest BCUT2D eigenvalue weighted by Crippen LogP contribution is 2.35. The molecule has 0 aliphatic rings. The van der Waals surface area contributed by atoms with Crippen molar-refractivity contribution in [2.45, 2.75) is 19.3 Å². The molecule has 1 atom stereocenters. The van der Waals surface area contributed by atoms with Crippen LogP contribution >= 0.6 is 0 Å². The smallest absolute Gasteiger partial charge is 0.480 e. The fraction of sp³-hybridized carbons (Fsp3) is 0.148. The zero-order valence-corrected chi connectivity index (χ0v) is 19.7. The Morgan fingerprint density at radius 3 is 2.19 bits per heavy atom. The molecule has 4 aromatic rings. The van der Waals surface area contributed by atoms with Gasteiger partial charge in [-0.25, -0.2) is 9.37 Å². The number of rotatable bonds is 7. The van der Waals surface area contributed by atoms with Crippen molar-refractivity contribution >= 4 is 28.8 Å². The van der Waals surface area contributed by atoms with Crippen LogP contribution in [0.15, 0.2) is 71.7 Å². The lowest BCUT2D eigenvalue weighted by molar-refractivity contribution is -0.274. The van der Waals surface area contributed by atoms with Gasteiger partial charge in [-0.3, -0.25) is 9.79 Å². The molecule has 10 heteroatoms. The number of anilines is 1. The van der Waals surface area contributed by atoms with Gasteiger partial charge >= 0.3 is 12.3 Å². The highest BCUT2D eigenvalue weighted by molar-refractivity contribution is 6.07. The van der Waals surface area contributed by atoms with Crippen LogP contribution in [0.4, 0.5) is 23.2 Å². The van der Waals surface area contributed by atoms with Crippen molar-refractivity contribution in [3.05, 3.63) is 78.1 Å². The van der Waals surface area contributed by atoms with Gasteiger partial charge in [0.2, 0.25) is 0 Å². The molecule has 0 saturated heterocycles. The van der Waals surface area contributed by atoms with Gasteiger partial charge in [0.25, 0.3) is 0 Å². The Labute approximate surface area is 209 Å². The van der Waals surface area contributed by atoms with E-state index < -0.39 is 24.2 Å². The number of nitrogens with zero attached hydrogens (tertiary/aromatic N) is 2. The summed E-state index contributed by atoms with van der Waals surface area (Å²) in [6.45, 7) is 1.47. The minimum absolute atomic E-state index is 0.316. The van der Waals surface area contributed by atoms with E-state index in [4.69, 9.17) is 4.98 Å². The number of aliphatic carboxylic acids is 1. The number of aliphatic imine (C=N–C) groups is 1. The average Bonchev–Trinajstić information content (AvgIpc) is 2.85. The van der Waals surface area contributed by atoms with Crippen LogP contribution in [0.25, 0.3) is 33.3 Å². The molecule has 3 aromatic carbocycles. The van der Waals surface area contributed by atoms with Crippen LogP contribution in [-0.4, -0.2) is 41.7 Å². The van der Waals surface area contributed by atoms with Gasteiger partial charge in [0, 0.05) is 29.8 Å². The highest BCUT2D eigenvalue weighted by atomic mass is 19.4. The van der Waals surface area contributed by atoms with Crippen molar-refractivity contribution in [3.8, 4) is 28.1 Å². The van der Waals surface area contributed by atoms with E-state index in [9.17, 15) is 27.5 Å². The predicted molar refractivity (Wildman–Crippen MR) is 133 cm³/mol. The van der Waals surface area contributed by atoms with Gasteiger partial charge in [0.15, 0.2) is 0 Å². The zero-order chi connectivity index (χ0) is 26.7. The van der Waals surface area contributed by atoms with Crippen LogP contribution in [0, 0.1) is 5.82 Å². The van der Waals surface area contributed by atoms with E-state index in [0.29, 0.717) is 39.0 Å². The first-order chi connectivity index (χ1) is 17.6. The molecular formula is C27H21F4N3O3. The molecule has 2 N–H and O–H groups in total. The summed E-state index contributed by atoms with van der Waals surface area (Å²) in [5.41, 5.74) is 3.90. The molecule has 0 radical (unpaired) electrons. The van der Waals surface area contributed by atoms with Gasteiger partial charge in [-0.15, -0.1) is 13.2 Å². The molecular weight excluding hydrogens is 490 g/mol. The minimum atomic E-state index is -4.77. The first kappa shape index (κ1) is 25.6. The number of ether oxygens (including phenoxy) is 1. The number of benzene rings is 3. The molecule has 0 fully saturated rings.